The number of hydrogen-bond acceptors (Lipinski definition) is 5. The quantitative estimate of drug-likeness (QED) is 0.390. The summed E-state index contributed by atoms with van der Waals surface area (Å²) < 4.78 is 1.89. The summed E-state index contributed by atoms with van der Waals surface area (Å²) in [4.78, 5) is 22.1. The highest BCUT2D eigenvalue weighted by Gasteiger charge is 2.44. The van der Waals surface area contributed by atoms with Crippen LogP contribution >= 0.6 is 23.2 Å². The van der Waals surface area contributed by atoms with Crippen LogP contribution in [0.1, 0.15) is 52.7 Å². The Balaban J connectivity index is 1.45. The average Bonchev–Trinajstić information content (AvgIpc) is 3.45. The number of fused-ring (bicyclic) bond motifs is 4. The van der Waals surface area contributed by atoms with Gasteiger partial charge in [0, 0.05) is 40.0 Å². The maximum atomic E-state index is 14.1. The lowest BCUT2D eigenvalue weighted by Crippen LogP contribution is -2.50. The molecule has 0 aliphatic carbocycles. The van der Waals surface area contributed by atoms with Gasteiger partial charge >= 0.3 is 0 Å². The third kappa shape index (κ3) is 3.72. The highest BCUT2D eigenvalue weighted by molar-refractivity contribution is 6.35. The van der Waals surface area contributed by atoms with E-state index < -0.39 is 0 Å². The molecule has 2 aliphatic rings. The van der Waals surface area contributed by atoms with Gasteiger partial charge in [0.25, 0.3) is 5.91 Å². The molecule has 1 fully saturated rings. The summed E-state index contributed by atoms with van der Waals surface area (Å²) in [7, 11) is 1.93. The molecule has 0 spiro atoms. The Morgan fingerprint density at radius 3 is 2.54 bits per heavy atom. The van der Waals surface area contributed by atoms with Crippen molar-refractivity contribution in [1.82, 2.24) is 34.7 Å². The average molecular weight is 508 g/mol. The molecule has 2 bridgehead atoms. The van der Waals surface area contributed by atoms with Crippen molar-refractivity contribution in [3.05, 3.63) is 75.4 Å². The van der Waals surface area contributed by atoms with Crippen molar-refractivity contribution in [2.75, 3.05) is 0 Å². The molecule has 10 heteroatoms. The lowest BCUT2D eigenvalue weighted by Gasteiger charge is -2.45. The number of carbonyl (C=O) groups is 1. The lowest BCUT2D eigenvalue weighted by atomic mass is 9.81. The molecule has 1 aromatic carbocycles. The molecule has 0 saturated carbocycles. The van der Waals surface area contributed by atoms with Crippen LogP contribution in [-0.4, -0.2) is 46.6 Å². The monoisotopic (exact) mass is 507 g/mol. The first-order valence-electron chi connectivity index (χ1n) is 11.6. The minimum Gasteiger partial charge on any atom is -0.325 e. The van der Waals surface area contributed by atoms with Crippen LogP contribution in [-0.2, 0) is 13.5 Å². The van der Waals surface area contributed by atoms with Crippen molar-refractivity contribution in [3.63, 3.8) is 0 Å². The van der Waals surface area contributed by atoms with Crippen LogP contribution in [0.25, 0.3) is 16.9 Å². The fourth-order valence-corrected chi connectivity index (χ4v) is 6.06. The van der Waals surface area contributed by atoms with Gasteiger partial charge < -0.3 is 4.90 Å². The van der Waals surface area contributed by atoms with Gasteiger partial charge in [-0.05, 0) is 62.9 Å². The summed E-state index contributed by atoms with van der Waals surface area (Å²) in [6.07, 6.45) is 6.71. The van der Waals surface area contributed by atoms with Crippen LogP contribution in [0.5, 0.6) is 0 Å². The number of amides is 1. The maximum absolute atomic E-state index is 14.1. The van der Waals surface area contributed by atoms with E-state index in [2.05, 4.69) is 15.2 Å². The molecule has 1 amide bonds. The number of aromatic nitrogens is 6. The minimum absolute atomic E-state index is 0.0482. The molecule has 4 aromatic rings. The number of aryl methyl sites for hydroxylation is 2. The molecule has 1 saturated heterocycles. The summed E-state index contributed by atoms with van der Waals surface area (Å²) in [5, 5.41) is 14.5. The molecular formula is C25H23Cl2N7O. The number of pyridine rings is 1. The Morgan fingerprint density at radius 1 is 1.06 bits per heavy atom. The maximum Gasteiger partial charge on any atom is 0.275 e. The van der Waals surface area contributed by atoms with Crippen molar-refractivity contribution in [2.45, 2.75) is 44.7 Å². The molecule has 3 aromatic heterocycles. The van der Waals surface area contributed by atoms with Gasteiger partial charge in [0.05, 0.1) is 29.8 Å². The van der Waals surface area contributed by atoms with E-state index in [9.17, 15) is 4.79 Å². The van der Waals surface area contributed by atoms with Crippen LogP contribution < -0.4 is 0 Å². The second-order valence-electron chi connectivity index (χ2n) is 9.15. The third-order valence-corrected chi connectivity index (χ3v) is 7.33. The van der Waals surface area contributed by atoms with Gasteiger partial charge in [0.2, 0.25) is 0 Å². The first-order valence-corrected chi connectivity index (χ1v) is 12.4. The first kappa shape index (κ1) is 22.2. The minimum atomic E-state index is -0.125. The van der Waals surface area contributed by atoms with Gasteiger partial charge in [0.15, 0.2) is 5.69 Å². The van der Waals surface area contributed by atoms with Crippen molar-refractivity contribution < 1.29 is 4.79 Å². The van der Waals surface area contributed by atoms with Gasteiger partial charge in [-0.1, -0.05) is 23.2 Å². The summed E-state index contributed by atoms with van der Waals surface area (Å²) in [5.74, 6) is -0.112. The number of piperidine rings is 1. The largest absolute Gasteiger partial charge is 0.325 e. The number of halogens is 2. The molecule has 8 nitrogen and oxygen atoms in total. The SMILES string of the molecule is Cc1ccc(-n2nccn2)c(C(=O)N2[C@@H]3CCC[C@H]2c2nn(C)c(-c4cc(Cl)cc(Cl)c4)c2C3)n1. The van der Waals surface area contributed by atoms with Gasteiger partial charge in [-0.3, -0.25) is 9.48 Å². The van der Waals surface area contributed by atoms with Crippen LogP contribution in [0.15, 0.2) is 42.7 Å². The molecule has 2 aliphatic heterocycles. The first-order chi connectivity index (χ1) is 16.9. The lowest BCUT2D eigenvalue weighted by molar-refractivity contribution is 0.0385. The van der Waals surface area contributed by atoms with Crippen LogP contribution in [0.4, 0.5) is 0 Å². The Bertz CT molecular complexity index is 1430. The predicted molar refractivity (Wildman–Crippen MR) is 133 cm³/mol. The normalized spacial score (nSPS) is 19.0. The second-order valence-corrected chi connectivity index (χ2v) is 10.0. The third-order valence-electron chi connectivity index (χ3n) is 6.90. The van der Waals surface area contributed by atoms with E-state index in [1.165, 1.54) is 4.80 Å². The van der Waals surface area contributed by atoms with Crippen molar-refractivity contribution in [2.24, 2.45) is 7.05 Å². The summed E-state index contributed by atoms with van der Waals surface area (Å²) in [5.41, 5.74) is 5.74. The number of carbonyl (C=O) groups excluding carboxylic acids is 1. The van der Waals surface area contributed by atoms with Crippen LogP contribution in [0, 0.1) is 6.92 Å². The van der Waals surface area contributed by atoms with Crippen LogP contribution in [0.3, 0.4) is 0 Å². The van der Waals surface area contributed by atoms with Gasteiger partial charge in [-0.25, -0.2) is 4.98 Å². The van der Waals surface area contributed by atoms with Crippen molar-refractivity contribution in [3.8, 4) is 16.9 Å². The summed E-state index contributed by atoms with van der Waals surface area (Å²) in [6.45, 7) is 1.88. The number of nitrogens with zero attached hydrogens (tertiary/aromatic N) is 7. The molecule has 178 valence electrons. The topological polar surface area (TPSA) is 81.7 Å². The van der Waals surface area contributed by atoms with E-state index in [0.29, 0.717) is 27.8 Å². The van der Waals surface area contributed by atoms with Crippen LogP contribution in [0.2, 0.25) is 10.0 Å². The molecule has 0 N–H and O–H groups in total. The Morgan fingerprint density at radius 2 is 1.80 bits per heavy atom. The molecule has 0 unspecified atom stereocenters. The predicted octanol–water partition coefficient (Wildman–Crippen LogP) is 4.97. The zero-order chi connectivity index (χ0) is 24.3. The molecule has 5 heterocycles. The molecule has 0 radical (unpaired) electrons. The standard InChI is InChI=1S/C25H23Cl2N7O/c1-14-6-7-21(34-28-8-9-29-34)23(30-14)25(35)33-18-4-3-5-20(33)22-19(13-18)24(32(2)31-22)15-10-16(26)12-17(27)11-15/h6-12,18,20H,3-5,13H2,1-2H3/t18-,20+/m1/s1. The van der Waals surface area contributed by atoms with E-state index in [4.69, 9.17) is 28.3 Å². The van der Waals surface area contributed by atoms with E-state index in [1.54, 1.807) is 18.5 Å². The number of hydrogen-bond donors (Lipinski definition) is 0. The molecule has 2 atom stereocenters. The Hall–Kier alpha value is -3.23. The zero-order valence-corrected chi connectivity index (χ0v) is 20.8. The van der Waals surface area contributed by atoms with E-state index in [0.717, 1.165) is 47.5 Å². The van der Waals surface area contributed by atoms with E-state index in [1.807, 2.05) is 47.8 Å². The van der Waals surface area contributed by atoms with Gasteiger partial charge in [-0.2, -0.15) is 15.3 Å². The Labute approximate surface area is 212 Å². The second kappa shape index (κ2) is 8.46. The number of rotatable bonds is 3. The summed E-state index contributed by atoms with van der Waals surface area (Å²) in [6, 6.07) is 9.20. The molecule has 6 rings (SSSR count). The van der Waals surface area contributed by atoms with Gasteiger partial charge in [0.1, 0.15) is 5.69 Å². The highest BCUT2D eigenvalue weighted by Crippen LogP contribution is 2.45. The van der Waals surface area contributed by atoms with E-state index in [-0.39, 0.29) is 18.0 Å². The fourth-order valence-electron chi connectivity index (χ4n) is 5.53. The highest BCUT2D eigenvalue weighted by atomic mass is 35.5. The van der Waals surface area contributed by atoms with Gasteiger partial charge in [-0.15, -0.1) is 4.80 Å². The smallest absolute Gasteiger partial charge is 0.275 e. The van der Waals surface area contributed by atoms with E-state index >= 15 is 0 Å². The number of benzene rings is 1. The Kier molecular flexibility index (Phi) is 5.38. The fraction of sp³-hybridized carbons (Fsp3) is 0.320. The molecule has 35 heavy (non-hydrogen) atoms. The zero-order valence-electron chi connectivity index (χ0n) is 19.3. The summed E-state index contributed by atoms with van der Waals surface area (Å²) >= 11 is 12.6. The van der Waals surface area contributed by atoms with Crippen molar-refractivity contribution >= 4 is 29.1 Å². The van der Waals surface area contributed by atoms with Crippen molar-refractivity contribution in [1.29, 1.82) is 0 Å². The molecular weight excluding hydrogens is 485 g/mol.